The van der Waals surface area contributed by atoms with E-state index in [1.54, 1.807) is 18.2 Å². The van der Waals surface area contributed by atoms with Gasteiger partial charge in [-0.3, -0.25) is 9.69 Å². The number of amides is 1. The number of aromatic nitrogens is 2. The molecule has 0 atom stereocenters. The van der Waals surface area contributed by atoms with E-state index in [9.17, 15) is 4.79 Å². The number of anilines is 1. The molecule has 0 spiro atoms. The number of H-pyrrole nitrogens is 1. The first-order valence-corrected chi connectivity index (χ1v) is 9.18. The molecule has 1 saturated heterocycles. The fraction of sp³-hybridized carbons (Fsp3) is 0.286. The number of imidazole rings is 1. The van der Waals surface area contributed by atoms with Crippen LogP contribution in [0.15, 0.2) is 48.5 Å². The number of para-hydroxylation sites is 2. The van der Waals surface area contributed by atoms with Gasteiger partial charge in [-0.2, -0.15) is 5.26 Å². The second kappa shape index (κ2) is 7.60. The minimum atomic E-state index is 0.00247. The number of hydrogen-bond donors (Lipinski definition) is 2. The number of piperidine rings is 1. The lowest BCUT2D eigenvalue weighted by molar-refractivity contribution is -0.121. The summed E-state index contributed by atoms with van der Waals surface area (Å²) < 4.78 is 0. The molecule has 2 N–H and O–H groups in total. The van der Waals surface area contributed by atoms with Gasteiger partial charge in [0.25, 0.3) is 0 Å². The molecule has 3 aromatic rings. The molecule has 136 valence electrons. The topological polar surface area (TPSA) is 84.8 Å². The molecule has 0 bridgehead atoms. The number of fused-ring (bicyclic) bond motifs is 1. The van der Waals surface area contributed by atoms with Crippen molar-refractivity contribution in [1.29, 1.82) is 5.26 Å². The van der Waals surface area contributed by atoms with Gasteiger partial charge in [-0.1, -0.05) is 18.2 Å². The highest BCUT2D eigenvalue weighted by Gasteiger charge is 2.25. The number of aromatic amines is 1. The van der Waals surface area contributed by atoms with Gasteiger partial charge >= 0.3 is 0 Å². The third-order valence-electron chi connectivity index (χ3n) is 5.03. The van der Waals surface area contributed by atoms with Crippen LogP contribution in [0.1, 0.15) is 24.2 Å². The molecule has 2 heterocycles. The first-order valence-electron chi connectivity index (χ1n) is 9.18. The monoisotopic (exact) mass is 359 g/mol. The lowest BCUT2D eigenvalue weighted by atomic mass is 9.95. The Bertz CT molecular complexity index is 962. The van der Waals surface area contributed by atoms with Gasteiger partial charge in [-0.15, -0.1) is 0 Å². The molecule has 6 heteroatoms. The number of rotatable bonds is 4. The molecule has 1 fully saturated rings. The number of carbonyl (C=O) groups excluding carboxylic acids is 1. The fourth-order valence-corrected chi connectivity index (χ4v) is 3.56. The first-order chi connectivity index (χ1) is 13.2. The number of likely N-dealkylation sites (tertiary alicyclic amines) is 1. The molecule has 4 rings (SSSR count). The van der Waals surface area contributed by atoms with Crippen LogP contribution in [0.5, 0.6) is 0 Å². The van der Waals surface area contributed by atoms with Crippen molar-refractivity contribution in [3.63, 3.8) is 0 Å². The summed E-state index contributed by atoms with van der Waals surface area (Å²) in [4.78, 5) is 22.8. The molecule has 2 aromatic carbocycles. The van der Waals surface area contributed by atoms with E-state index in [1.165, 1.54) is 0 Å². The average Bonchev–Trinajstić information content (AvgIpc) is 3.11. The summed E-state index contributed by atoms with van der Waals surface area (Å²) in [6, 6.07) is 17.1. The van der Waals surface area contributed by atoms with Gasteiger partial charge in [0, 0.05) is 11.6 Å². The maximum absolute atomic E-state index is 12.5. The van der Waals surface area contributed by atoms with Crippen molar-refractivity contribution >= 4 is 22.6 Å². The van der Waals surface area contributed by atoms with E-state index in [4.69, 9.17) is 5.26 Å². The lowest BCUT2D eigenvalue weighted by Gasteiger charge is -2.30. The van der Waals surface area contributed by atoms with Crippen LogP contribution in [0, 0.1) is 17.2 Å². The van der Waals surface area contributed by atoms with Crippen molar-refractivity contribution in [3.05, 3.63) is 59.9 Å². The highest BCUT2D eigenvalue weighted by molar-refractivity contribution is 5.92. The van der Waals surface area contributed by atoms with Gasteiger partial charge in [0.15, 0.2) is 0 Å². The molecule has 1 aromatic heterocycles. The van der Waals surface area contributed by atoms with Crippen LogP contribution in [0.4, 0.5) is 5.69 Å². The second-order valence-corrected chi connectivity index (χ2v) is 6.93. The van der Waals surface area contributed by atoms with E-state index < -0.39 is 0 Å². The second-order valence-electron chi connectivity index (χ2n) is 6.93. The Kier molecular flexibility index (Phi) is 4.86. The molecule has 1 aliphatic rings. The van der Waals surface area contributed by atoms with Crippen LogP contribution in [-0.2, 0) is 11.3 Å². The molecule has 27 heavy (non-hydrogen) atoms. The summed E-state index contributed by atoms with van der Waals surface area (Å²) in [7, 11) is 0. The minimum absolute atomic E-state index is 0.00247. The van der Waals surface area contributed by atoms with Gasteiger partial charge in [-0.05, 0) is 56.3 Å². The Labute approximate surface area is 157 Å². The van der Waals surface area contributed by atoms with Crippen molar-refractivity contribution in [2.45, 2.75) is 19.4 Å². The van der Waals surface area contributed by atoms with Crippen LogP contribution in [-0.4, -0.2) is 33.9 Å². The zero-order valence-electron chi connectivity index (χ0n) is 15.0. The summed E-state index contributed by atoms with van der Waals surface area (Å²) in [6.45, 7) is 2.51. The Morgan fingerprint density at radius 3 is 2.81 bits per heavy atom. The summed E-state index contributed by atoms with van der Waals surface area (Å²) in [5.74, 6) is 1.00. The standard InChI is InChI=1S/C21H21N5O/c22-13-15-4-3-5-17(12-15)23-21(27)16-8-10-26(11-9-16)14-20-24-18-6-1-2-7-19(18)25-20/h1-7,12,16H,8-11,14H2,(H,23,27)(H,24,25). The smallest absolute Gasteiger partial charge is 0.227 e. The number of nitrogens with one attached hydrogen (secondary N) is 2. The molecule has 0 unspecified atom stereocenters. The molecule has 6 nitrogen and oxygen atoms in total. The average molecular weight is 359 g/mol. The van der Waals surface area contributed by atoms with E-state index in [1.807, 2.05) is 30.3 Å². The van der Waals surface area contributed by atoms with Crippen molar-refractivity contribution in [2.24, 2.45) is 5.92 Å². The Morgan fingerprint density at radius 1 is 1.22 bits per heavy atom. The van der Waals surface area contributed by atoms with Crippen LogP contribution in [0.2, 0.25) is 0 Å². The predicted octanol–water partition coefficient (Wildman–Crippen LogP) is 3.29. The molecule has 0 radical (unpaired) electrons. The van der Waals surface area contributed by atoms with E-state index in [0.717, 1.165) is 49.3 Å². The van der Waals surface area contributed by atoms with Gasteiger partial charge in [-0.25, -0.2) is 4.98 Å². The van der Waals surface area contributed by atoms with E-state index in [0.29, 0.717) is 11.3 Å². The maximum Gasteiger partial charge on any atom is 0.227 e. The third-order valence-corrected chi connectivity index (χ3v) is 5.03. The van der Waals surface area contributed by atoms with Crippen LogP contribution >= 0.6 is 0 Å². The predicted molar refractivity (Wildman–Crippen MR) is 104 cm³/mol. The quantitative estimate of drug-likeness (QED) is 0.749. The largest absolute Gasteiger partial charge is 0.341 e. The summed E-state index contributed by atoms with van der Waals surface area (Å²) in [5, 5.41) is 11.9. The molecule has 1 amide bonds. The number of benzene rings is 2. The summed E-state index contributed by atoms with van der Waals surface area (Å²) in [6.07, 6.45) is 1.65. The van der Waals surface area contributed by atoms with E-state index in [2.05, 4.69) is 26.3 Å². The summed E-state index contributed by atoms with van der Waals surface area (Å²) >= 11 is 0. The fourth-order valence-electron chi connectivity index (χ4n) is 3.56. The molecule has 1 aliphatic heterocycles. The zero-order valence-corrected chi connectivity index (χ0v) is 15.0. The van der Waals surface area contributed by atoms with Gasteiger partial charge in [0.05, 0.1) is 29.2 Å². The lowest BCUT2D eigenvalue weighted by Crippen LogP contribution is -2.38. The Balaban J connectivity index is 1.31. The van der Waals surface area contributed by atoms with Crippen molar-refractivity contribution in [2.75, 3.05) is 18.4 Å². The maximum atomic E-state index is 12.5. The molecular formula is C21H21N5O. The van der Waals surface area contributed by atoms with Crippen LogP contribution in [0.25, 0.3) is 11.0 Å². The first kappa shape index (κ1) is 17.3. The molecule has 0 saturated carbocycles. The van der Waals surface area contributed by atoms with Crippen LogP contribution < -0.4 is 5.32 Å². The Hall–Kier alpha value is -3.17. The zero-order chi connectivity index (χ0) is 18.6. The summed E-state index contributed by atoms with van der Waals surface area (Å²) in [5.41, 5.74) is 3.28. The minimum Gasteiger partial charge on any atom is -0.341 e. The third kappa shape index (κ3) is 3.99. The van der Waals surface area contributed by atoms with Crippen molar-refractivity contribution in [3.8, 4) is 6.07 Å². The van der Waals surface area contributed by atoms with Crippen molar-refractivity contribution < 1.29 is 4.79 Å². The highest BCUT2D eigenvalue weighted by atomic mass is 16.1. The van der Waals surface area contributed by atoms with Crippen molar-refractivity contribution in [1.82, 2.24) is 14.9 Å². The van der Waals surface area contributed by atoms with Gasteiger partial charge < -0.3 is 10.3 Å². The van der Waals surface area contributed by atoms with E-state index >= 15 is 0 Å². The molecule has 0 aliphatic carbocycles. The number of hydrogen-bond acceptors (Lipinski definition) is 4. The van der Waals surface area contributed by atoms with E-state index in [-0.39, 0.29) is 11.8 Å². The van der Waals surface area contributed by atoms with Crippen LogP contribution in [0.3, 0.4) is 0 Å². The van der Waals surface area contributed by atoms with Gasteiger partial charge in [0.2, 0.25) is 5.91 Å². The number of nitrogens with zero attached hydrogens (tertiary/aromatic N) is 3. The van der Waals surface area contributed by atoms with Gasteiger partial charge in [0.1, 0.15) is 5.82 Å². The molecular weight excluding hydrogens is 338 g/mol. The SMILES string of the molecule is N#Cc1cccc(NC(=O)C2CCN(Cc3nc4ccccc4[nH]3)CC2)c1. The normalized spacial score (nSPS) is 15.5. The number of nitriles is 1. The Morgan fingerprint density at radius 2 is 2.04 bits per heavy atom. The number of carbonyl (C=O) groups is 1. The highest BCUT2D eigenvalue weighted by Crippen LogP contribution is 2.21.